The molecule has 0 bridgehead atoms. The molecule has 3 aromatic rings. The van der Waals surface area contributed by atoms with Crippen molar-refractivity contribution in [1.29, 1.82) is 0 Å². The Hall–Kier alpha value is -3.01. The maximum absolute atomic E-state index is 4.91. The van der Waals surface area contributed by atoms with Gasteiger partial charge >= 0.3 is 0 Å². The van der Waals surface area contributed by atoms with Gasteiger partial charge in [0.05, 0.1) is 13.1 Å². The molecular weight excluding hydrogens is 410 g/mol. The van der Waals surface area contributed by atoms with Crippen molar-refractivity contribution in [3.8, 4) is 0 Å². The fraction of sp³-hybridized carbons (Fsp3) is 0.476. The maximum Gasteiger partial charge on any atom is 0.205 e. The van der Waals surface area contributed by atoms with Crippen LogP contribution in [0.1, 0.15) is 30.8 Å². The lowest BCUT2D eigenvalue weighted by Gasteiger charge is -2.36. The maximum atomic E-state index is 4.91. The second-order valence-corrected chi connectivity index (χ2v) is 8.13. The monoisotopic (exact) mass is 439 g/mol. The number of aryl methyl sites for hydroxylation is 1. The van der Waals surface area contributed by atoms with Crippen LogP contribution in [-0.2, 0) is 19.5 Å². The summed E-state index contributed by atoms with van der Waals surface area (Å²) in [7, 11) is 0. The summed E-state index contributed by atoms with van der Waals surface area (Å²) >= 11 is 1.50. The van der Waals surface area contributed by atoms with Crippen molar-refractivity contribution >= 4 is 22.6 Å². The Kier molecular flexibility index (Phi) is 7.08. The first-order valence-corrected chi connectivity index (χ1v) is 11.5. The second kappa shape index (κ2) is 10.3. The van der Waals surface area contributed by atoms with Gasteiger partial charge in [-0.15, -0.1) is 0 Å². The van der Waals surface area contributed by atoms with Gasteiger partial charge in [-0.2, -0.15) is 9.47 Å². The van der Waals surface area contributed by atoms with E-state index in [1.54, 1.807) is 12.7 Å². The highest BCUT2D eigenvalue weighted by molar-refractivity contribution is 7.09. The van der Waals surface area contributed by atoms with Crippen LogP contribution < -0.4 is 10.2 Å². The highest BCUT2D eigenvalue weighted by Crippen LogP contribution is 2.19. The molecular formula is C21H29N9S. The third-order valence-corrected chi connectivity index (χ3v) is 5.99. The van der Waals surface area contributed by atoms with Gasteiger partial charge in [0.2, 0.25) is 5.13 Å². The lowest BCUT2D eigenvalue weighted by atomic mass is 10.1. The number of guanidine groups is 1. The molecule has 1 saturated heterocycles. The largest absolute Gasteiger partial charge is 0.357 e. The molecule has 1 aliphatic rings. The number of rotatable bonds is 7. The number of piperazine rings is 1. The highest BCUT2D eigenvalue weighted by Gasteiger charge is 2.22. The normalized spacial score (nSPS) is 14.8. The van der Waals surface area contributed by atoms with Gasteiger partial charge in [-0.05, 0) is 18.1 Å². The van der Waals surface area contributed by atoms with Crippen LogP contribution in [0.15, 0.2) is 41.9 Å². The van der Waals surface area contributed by atoms with Gasteiger partial charge in [-0.25, -0.2) is 19.6 Å². The first-order chi connectivity index (χ1) is 15.2. The summed E-state index contributed by atoms with van der Waals surface area (Å²) in [5.41, 5.74) is 2.38. The predicted molar refractivity (Wildman–Crippen MR) is 123 cm³/mol. The van der Waals surface area contributed by atoms with Crippen LogP contribution >= 0.6 is 11.5 Å². The lowest BCUT2D eigenvalue weighted by Crippen LogP contribution is -2.52. The number of aliphatic imine (C=N–C) groups is 1. The molecule has 0 spiro atoms. The van der Waals surface area contributed by atoms with E-state index in [9.17, 15) is 0 Å². The minimum atomic E-state index is 0.643. The zero-order valence-electron chi connectivity index (χ0n) is 18.1. The Labute approximate surface area is 187 Å². The Balaban J connectivity index is 1.37. The topological polar surface area (TPSA) is 87.4 Å². The molecule has 10 heteroatoms. The minimum Gasteiger partial charge on any atom is -0.357 e. The van der Waals surface area contributed by atoms with Crippen LogP contribution in [0, 0.1) is 0 Å². The number of hydrogen-bond donors (Lipinski definition) is 1. The van der Waals surface area contributed by atoms with Crippen LogP contribution in [-0.4, -0.2) is 67.7 Å². The predicted octanol–water partition coefficient (Wildman–Crippen LogP) is 2.03. The van der Waals surface area contributed by atoms with E-state index < -0.39 is 0 Å². The first-order valence-electron chi connectivity index (χ1n) is 10.8. The molecule has 3 heterocycles. The number of benzene rings is 1. The third-order valence-electron chi connectivity index (χ3n) is 5.17. The smallest absolute Gasteiger partial charge is 0.205 e. The highest BCUT2D eigenvalue weighted by atomic mass is 32.1. The van der Waals surface area contributed by atoms with Gasteiger partial charge in [-0.1, -0.05) is 31.2 Å². The van der Waals surface area contributed by atoms with E-state index in [0.29, 0.717) is 13.1 Å². The van der Waals surface area contributed by atoms with E-state index in [1.165, 1.54) is 22.7 Å². The average Bonchev–Trinajstić information content (AvgIpc) is 3.49. The molecule has 0 amide bonds. The lowest BCUT2D eigenvalue weighted by molar-refractivity contribution is 0.372. The van der Waals surface area contributed by atoms with Crippen LogP contribution in [0.3, 0.4) is 0 Å². The standard InChI is InChI=1S/C21H29N9S/c1-3-19-26-21(31-27-19)29-10-8-28(9-11-29)20(23-4-2)24-13-17-6-5-7-18(12-17)14-30-16-22-15-25-30/h5-7,12,15-16H,3-4,8-11,13-14H2,1-2H3,(H,23,24). The number of nitrogens with one attached hydrogen (secondary N) is 1. The van der Waals surface area contributed by atoms with Gasteiger partial charge in [0.15, 0.2) is 5.96 Å². The fourth-order valence-corrected chi connectivity index (χ4v) is 4.35. The van der Waals surface area contributed by atoms with E-state index in [0.717, 1.165) is 56.1 Å². The summed E-state index contributed by atoms with van der Waals surface area (Å²) in [5.74, 6) is 1.90. The van der Waals surface area contributed by atoms with Gasteiger partial charge < -0.3 is 15.1 Å². The summed E-state index contributed by atoms with van der Waals surface area (Å²) in [6, 6.07) is 8.50. The molecule has 0 aliphatic carbocycles. The molecule has 0 radical (unpaired) electrons. The van der Waals surface area contributed by atoms with Crippen LogP contribution in [0.5, 0.6) is 0 Å². The van der Waals surface area contributed by atoms with Gasteiger partial charge in [-0.3, -0.25) is 0 Å². The van der Waals surface area contributed by atoms with Crippen LogP contribution in [0.4, 0.5) is 5.13 Å². The summed E-state index contributed by atoms with van der Waals surface area (Å²) < 4.78 is 6.24. The Morgan fingerprint density at radius 3 is 2.71 bits per heavy atom. The Morgan fingerprint density at radius 1 is 1.16 bits per heavy atom. The van der Waals surface area contributed by atoms with Crippen molar-refractivity contribution in [2.24, 2.45) is 4.99 Å². The van der Waals surface area contributed by atoms with E-state index in [1.807, 2.05) is 4.68 Å². The van der Waals surface area contributed by atoms with Crippen LogP contribution in [0.25, 0.3) is 0 Å². The van der Waals surface area contributed by atoms with Crippen molar-refractivity contribution in [3.63, 3.8) is 0 Å². The first kappa shape index (κ1) is 21.2. The summed E-state index contributed by atoms with van der Waals surface area (Å²) in [6.45, 7) is 10.1. The molecule has 1 N–H and O–H groups in total. The molecule has 0 unspecified atom stereocenters. The van der Waals surface area contributed by atoms with E-state index in [2.05, 4.69) is 72.7 Å². The quantitative estimate of drug-likeness (QED) is 0.445. The second-order valence-electron chi connectivity index (χ2n) is 7.40. The summed E-state index contributed by atoms with van der Waals surface area (Å²) in [6.07, 6.45) is 4.18. The number of hydrogen-bond acceptors (Lipinski definition) is 7. The third kappa shape index (κ3) is 5.57. The fourth-order valence-electron chi connectivity index (χ4n) is 3.55. The van der Waals surface area contributed by atoms with Gasteiger partial charge in [0.1, 0.15) is 18.5 Å². The number of anilines is 1. The zero-order valence-corrected chi connectivity index (χ0v) is 18.9. The zero-order chi connectivity index (χ0) is 21.5. The SMILES string of the molecule is CCNC(=NCc1cccc(Cn2cncn2)c1)N1CCN(c2nc(CC)ns2)CC1. The van der Waals surface area contributed by atoms with E-state index in [4.69, 9.17) is 4.99 Å². The molecule has 1 aliphatic heterocycles. The van der Waals surface area contributed by atoms with Crippen molar-refractivity contribution < 1.29 is 0 Å². The molecule has 2 aromatic heterocycles. The summed E-state index contributed by atoms with van der Waals surface area (Å²) in [5, 5.41) is 8.67. The average molecular weight is 440 g/mol. The van der Waals surface area contributed by atoms with Crippen molar-refractivity contribution in [2.75, 3.05) is 37.6 Å². The van der Waals surface area contributed by atoms with Crippen molar-refractivity contribution in [3.05, 3.63) is 53.9 Å². The van der Waals surface area contributed by atoms with Gasteiger partial charge in [0, 0.05) is 50.7 Å². The van der Waals surface area contributed by atoms with Crippen LogP contribution in [0.2, 0.25) is 0 Å². The van der Waals surface area contributed by atoms with Gasteiger partial charge in [0.25, 0.3) is 0 Å². The van der Waals surface area contributed by atoms with E-state index in [-0.39, 0.29) is 0 Å². The Bertz CT molecular complexity index is 974. The van der Waals surface area contributed by atoms with Crippen molar-refractivity contribution in [1.82, 2.24) is 34.3 Å². The molecule has 31 heavy (non-hydrogen) atoms. The van der Waals surface area contributed by atoms with Crippen molar-refractivity contribution in [2.45, 2.75) is 33.4 Å². The minimum absolute atomic E-state index is 0.643. The number of nitrogens with zero attached hydrogens (tertiary/aromatic N) is 8. The molecule has 1 aromatic carbocycles. The molecule has 1 fully saturated rings. The number of aromatic nitrogens is 5. The molecule has 4 rings (SSSR count). The molecule has 164 valence electrons. The molecule has 0 saturated carbocycles. The molecule has 9 nitrogen and oxygen atoms in total. The molecule has 0 atom stereocenters. The summed E-state index contributed by atoms with van der Waals surface area (Å²) in [4.78, 5) is 18.2. The Morgan fingerprint density at radius 2 is 2.00 bits per heavy atom. The van der Waals surface area contributed by atoms with E-state index >= 15 is 0 Å².